The Balaban J connectivity index is 4.35. The molecular weight excluding hydrogens is 961 g/mol. The van der Waals surface area contributed by atoms with Gasteiger partial charge in [-0.1, -0.05) is 320 Å². The molecule has 6 nitrogen and oxygen atoms in total. The van der Waals surface area contributed by atoms with Crippen LogP contribution in [0.3, 0.4) is 0 Å². The van der Waals surface area contributed by atoms with E-state index >= 15 is 0 Å². The molecule has 0 spiro atoms. The van der Waals surface area contributed by atoms with Gasteiger partial charge in [0.05, 0.1) is 0 Å². The van der Waals surface area contributed by atoms with Crippen LogP contribution in [0.4, 0.5) is 0 Å². The van der Waals surface area contributed by atoms with Crippen molar-refractivity contribution in [2.24, 2.45) is 0 Å². The van der Waals surface area contributed by atoms with Gasteiger partial charge < -0.3 is 14.2 Å². The highest BCUT2D eigenvalue weighted by Gasteiger charge is 2.19. The van der Waals surface area contributed by atoms with Crippen molar-refractivity contribution in [2.45, 2.75) is 380 Å². The Hall–Kier alpha value is -2.63. The maximum atomic E-state index is 12.9. The van der Waals surface area contributed by atoms with E-state index in [1.54, 1.807) is 0 Å². The predicted octanol–water partition coefficient (Wildman–Crippen LogP) is 23.7. The smallest absolute Gasteiger partial charge is 0.306 e. The zero-order valence-corrected chi connectivity index (χ0v) is 52.5. The van der Waals surface area contributed by atoms with Crippen LogP contribution in [-0.2, 0) is 28.6 Å². The van der Waals surface area contributed by atoms with E-state index in [-0.39, 0.29) is 31.1 Å². The molecule has 0 bridgehead atoms. The van der Waals surface area contributed by atoms with Gasteiger partial charge in [0.2, 0.25) is 0 Å². The van der Waals surface area contributed by atoms with Crippen LogP contribution in [-0.4, -0.2) is 37.2 Å². The summed E-state index contributed by atoms with van der Waals surface area (Å²) in [6.45, 7) is 6.69. The van der Waals surface area contributed by atoms with Crippen molar-refractivity contribution in [1.82, 2.24) is 0 Å². The summed E-state index contributed by atoms with van der Waals surface area (Å²) in [6.07, 6.45) is 84.1. The number of carbonyl (C=O) groups is 3. The van der Waals surface area contributed by atoms with Crippen LogP contribution in [0.25, 0.3) is 0 Å². The highest BCUT2D eigenvalue weighted by molar-refractivity contribution is 5.71. The maximum absolute atomic E-state index is 12.9. The monoisotopic (exact) mass is 1090 g/mol. The molecule has 0 aliphatic rings. The molecule has 0 amide bonds. The van der Waals surface area contributed by atoms with Crippen LogP contribution in [0.15, 0.2) is 48.6 Å². The molecule has 6 heteroatoms. The fraction of sp³-hybridized carbons (Fsp3) is 0.847. The van der Waals surface area contributed by atoms with Crippen LogP contribution >= 0.6 is 0 Å². The summed E-state index contributed by atoms with van der Waals surface area (Å²) in [7, 11) is 0. The SMILES string of the molecule is CCCCCCC/C=C\C/C=C\C/C=C\CCCCCCCCCCC(=O)OCC(COC(=O)CCCCCCCCC/C=C\CCCCCCCCC)OC(=O)CCCCCCCCCCCCCCCCCCCCC. The molecule has 0 aliphatic carbocycles. The minimum Gasteiger partial charge on any atom is -0.462 e. The quantitative estimate of drug-likeness (QED) is 0.0261. The number of unbranched alkanes of at least 4 members (excludes halogenated alkanes) is 45. The van der Waals surface area contributed by atoms with Crippen molar-refractivity contribution in [3.63, 3.8) is 0 Å². The van der Waals surface area contributed by atoms with Gasteiger partial charge in [-0.05, 0) is 83.5 Å². The number of esters is 3. The summed E-state index contributed by atoms with van der Waals surface area (Å²) in [6, 6.07) is 0. The van der Waals surface area contributed by atoms with Gasteiger partial charge in [-0.25, -0.2) is 0 Å². The van der Waals surface area contributed by atoms with Crippen molar-refractivity contribution in [2.75, 3.05) is 13.2 Å². The summed E-state index contributed by atoms with van der Waals surface area (Å²) in [5.74, 6) is -0.858. The highest BCUT2D eigenvalue weighted by Crippen LogP contribution is 2.18. The van der Waals surface area contributed by atoms with E-state index in [9.17, 15) is 14.4 Å². The third kappa shape index (κ3) is 64.2. The van der Waals surface area contributed by atoms with E-state index in [1.165, 1.54) is 257 Å². The lowest BCUT2D eigenvalue weighted by molar-refractivity contribution is -0.167. The molecule has 1 unspecified atom stereocenters. The van der Waals surface area contributed by atoms with Crippen molar-refractivity contribution >= 4 is 17.9 Å². The lowest BCUT2D eigenvalue weighted by Gasteiger charge is -2.18. The molecule has 0 aromatic heterocycles. The van der Waals surface area contributed by atoms with Crippen molar-refractivity contribution in [3.8, 4) is 0 Å². The second-order valence-corrected chi connectivity index (χ2v) is 23.4. The second-order valence-electron chi connectivity index (χ2n) is 23.4. The lowest BCUT2D eigenvalue weighted by atomic mass is 10.0. The van der Waals surface area contributed by atoms with Gasteiger partial charge in [0.15, 0.2) is 6.10 Å². The van der Waals surface area contributed by atoms with Crippen molar-refractivity contribution in [3.05, 3.63) is 48.6 Å². The van der Waals surface area contributed by atoms with Crippen molar-refractivity contribution < 1.29 is 28.6 Å². The Labute approximate surface area is 486 Å². The van der Waals surface area contributed by atoms with E-state index in [4.69, 9.17) is 14.2 Å². The highest BCUT2D eigenvalue weighted by atomic mass is 16.6. The van der Waals surface area contributed by atoms with Gasteiger partial charge in [-0.3, -0.25) is 14.4 Å². The minimum absolute atomic E-state index is 0.0738. The molecule has 0 aliphatic heterocycles. The van der Waals surface area contributed by atoms with Crippen LogP contribution in [0.5, 0.6) is 0 Å². The average Bonchev–Trinajstić information content (AvgIpc) is 3.44. The van der Waals surface area contributed by atoms with Crippen LogP contribution in [0.2, 0.25) is 0 Å². The first-order chi connectivity index (χ1) is 38.5. The van der Waals surface area contributed by atoms with Crippen LogP contribution in [0.1, 0.15) is 374 Å². The van der Waals surface area contributed by atoms with Crippen LogP contribution in [0, 0.1) is 0 Å². The Morgan fingerprint density at radius 2 is 0.462 bits per heavy atom. The van der Waals surface area contributed by atoms with E-state index in [0.717, 1.165) is 77.0 Å². The van der Waals surface area contributed by atoms with Gasteiger partial charge >= 0.3 is 17.9 Å². The normalized spacial score (nSPS) is 12.3. The van der Waals surface area contributed by atoms with E-state index in [2.05, 4.69) is 69.4 Å². The molecule has 0 rings (SSSR count). The molecule has 0 aromatic rings. The number of allylic oxidation sites excluding steroid dienone is 8. The number of hydrogen-bond donors (Lipinski definition) is 0. The van der Waals surface area contributed by atoms with Gasteiger partial charge in [-0.2, -0.15) is 0 Å². The molecule has 78 heavy (non-hydrogen) atoms. The zero-order valence-electron chi connectivity index (χ0n) is 52.5. The van der Waals surface area contributed by atoms with Gasteiger partial charge in [0, 0.05) is 19.3 Å². The Kier molecular flexibility index (Phi) is 64.6. The number of ether oxygens (including phenoxy) is 3. The fourth-order valence-electron chi connectivity index (χ4n) is 10.3. The molecule has 0 heterocycles. The topological polar surface area (TPSA) is 78.9 Å². The summed E-state index contributed by atoms with van der Waals surface area (Å²) in [4.78, 5) is 38.4. The van der Waals surface area contributed by atoms with Gasteiger partial charge in [0.1, 0.15) is 13.2 Å². The number of hydrogen-bond acceptors (Lipinski definition) is 6. The van der Waals surface area contributed by atoms with E-state index < -0.39 is 6.10 Å². The van der Waals surface area contributed by atoms with Crippen molar-refractivity contribution in [1.29, 1.82) is 0 Å². The minimum atomic E-state index is -0.778. The van der Waals surface area contributed by atoms with Crippen LogP contribution < -0.4 is 0 Å². The molecular formula is C72H132O6. The molecule has 0 radical (unpaired) electrons. The second kappa shape index (κ2) is 66.9. The first-order valence-electron chi connectivity index (χ1n) is 34.6. The third-order valence-corrected chi connectivity index (χ3v) is 15.6. The maximum Gasteiger partial charge on any atom is 0.306 e. The zero-order chi connectivity index (χ0) is 56.4. The van der Waals surface area contributed by atoms with Gasteiger partial charge in [-0.15, -0.1) is 0 Å². The number of rotatable bonds is 64. The Bertz CT molecular complexity index is 1350. The Morgan fingerprint density at radius 1 is 0.256 bits per heavy atom. The van der Waals surface area contributed by atoms with E-state index in [1.807, 2.05) is 0 Å². The molecule has 0 saturated carbocycles. The summed E-state index contributed by atoms with van der Waals surface area (Å²) < 4.78 is 17.0. The fourth-order valence-corrected chi connectivity index (χ4v) is 10.3. The largest absolute Gasteiger partial charge is 0.462 e. The molecule has 1 atom stereocenters. The summed E-state index contributed by atoms with van der Waals surface area (Å²) in [5.41, 5.74) is 0. The molecule has 0 aromatic carbocycles. The molecule has 0 N–H and O–H groups in total. The molecule has 456 valence electrons. The summed E-state index contributed by atoms with van der Waals surface area (Å²) in [5, 5.41) is 0. The summed E-state index contributed by atoms with van der Waals surface area (Å²) >= 11 is 0. The average molecular weight is 1090 g/mol. The molecule has 0 fully saturated rings. The molecule has 0 saturated heterocycles. The first kappa shape index (κ1) is 75.4. The first-order valence-corrected chi connectivity index (χ1v) is 34.6. The standard InChI is InChI=1S/C72H132O6/c1-4-7-10-13-16-19-22-25-28-31-34-35-36-37-39-41-44-47-50-53-56-59-62-65-71(74)77-68-69(67-76-70(73)64-61-58-55-52-49-46-43-40-33-30-27-24-21-18-15-12-9-6-3)78-72(75)66-63-60-57-54-51-48-45-42-38-32-29-26-23-20-17-14-11-8-5-2/h22,25,30-31,33-34,36-37,69H,4-21,23-24,26-29,32,35,38-68H2,1-3H3/b25-22-,33-30-,34-31-,37-36-. The third-order valence-electron chi connectivity index (χ3n) is 15.6. The number of carbonyl (C=O) groups excluding carboxylic acids is 3. The van der Waals surface area contributed by atoms with E-state index in [0.29, 0.717) is 19.3 Å². The lowest BCUT2D eigenvalue weighted by Crippen LogP contribution is -2.30. The predicted molar refractivity (Wildman–Crippen MR) is 339 cm³/mol. The Morgan fingerprint density at radius 3 is 0.731 bits per heavy atom. The van der Waals surface area contributed by atoms with Gasteiger partial charge in [0.25, 0.3) is 0 Å².